The molecule has 1 aromatic heterocycles. The lowest BCUT2D eigenvalue weighted by Gasteiger charge is -2.21. The van der Waals surface area contributed by atoms with Crippen molar-refractivity contribution in [3.8, 4) is 6.07 Å². The predicted molar refractivity (Wildman–Crippen MR) is 199 cm³/mol. The third kappa shape index (κ3) is 13.8. The molecule has 0 fully saturated rings. The minimum Gasteiger partial charge on any atom is -0.489 e. The molecule has 9 heteroatoms. The molecule has 49 heavy (non-hydrogen) atoms. The first-order valence-corrected chi connectivity index (χ1v) is 17.2. The maximum atomic E-state index is 13.6. The first kappa shape index (κ1) is 40.6. The average Bonchev–Trinajstić information content (AvgIpc) is 3.35. The van der Waals surface area contributed by atoms with Crippen LogP contribution in [-0.4, -0.2) is 33.1 Å². The molecule has 2 unspecified atom stereocenters. The van der Waals surface area contributed by atoms with Crippen LogP contribution in [0.3, 0.4) is 0 Å². The van der Waals surface area contributed by atoms with Crippen molar-refractivity contribution < 1.29 is 19.4 Å². The van der Waals surface area contributed by atoms with E-state index in [9.17, 15) is 14.9 Å². The zero-order valence-electron chi connectivity index (χ0n) is 29.8. The summed E-state index contributed by atoms with van der Waals surface area (Å²) in [5, 5.41) is 22.3. The van der Waals surface area contributed by atoms with Gasteiger partial charge in [-0.3, -0.25) is 9.59 Å². The number of nitriles is 1. The van der Waals surface area contributed by atoms with Crippen molar-refractivity contribution in [1.29, 1.82) is 5.26 Å². The van der Waals surface area contributed by atoms with Gasteiger partial charge in [-0.25, -0.2) is 4.98 Å². The van der Waals surface area contributed by atoms with Gasteiger partial charge in [-0.1, -0.05) is 79.6 Å². The molecule has 262 valence electrons. The number of carbonyl (C=O) groups is 2. The second-order valence-corrected chi connectivity index (χ2v) is 12.6. The highest BCUT2D eigenvalue weighted by atomic mass is 35.5. The number of hydrogen-bond donors (Lipinski definition) is 2. The summed E-state index contributed by atoms with van der Waals surface area (Å²) in [5.41, 5.74) is 4.87. The summed E-state index contributed by atoms with van der Waals surface area (Å²) in [5.74, 6) is -0.212. The SMILES string of the molecule is C=C/C(=C\C=C(/C)CCC(NC(=O)C1=CC=CC(C#N)=CC1)c1nc(/C(C)=C(/C)Cl)cn1CCCC)OC/C(=C/C)C/C=C\C(C)C(=O)O. The smallest absolute Gasteiger partial charge is 0.310 e. The minimum absolute atomic E-state index is 0.201. The summed E-state index contributed by atoms with van der Waals surface area (Å²) < 4.78 is 8.12. The molecule has 0 radical (unpaired) electrons. The molecule has 0 aromatic carbocycles. The van der Waals surface area contributed by atoms with Gasteiger partial charge in [0.2, 0.25) is 5.91 Å². The molecular formula is C40H51ClN4O4. The Balaban J connectivity index is 2.29. The molecule has 8 nitrogen and oxygen atoms in total. The monoisotopic (exact) mass is 686 g/mol. The van der Waals surface area contributed by atoms with Gasteiger partial charge >= 0.3 is 5.97 Å². The zero-order valence-corrected chi connectivity index (χ0v) is 30.5. The van der Waals surface area contributed by atoms with Crippen LogP contribution in [0.1, 0.15) is 97.6 Å². The number of nitrogens with one attached hydrogen (secondary N) is 1. The van der Waals surface area contributed by atoms with Gasteiger partial charge in [-0.05, 0) is 96.1 Å². The number of carboxylic acid groups (broad SMARTS) is 1. The highest BCUT2D eigenvalue weighted by Crippen LogP contribution is 2.27. The molecule has 0 bridgehead atoms. The summed E-state index contributed by atoms with van der Waals surface area (Å²) in [6, 6.07) is 1.76. The maximum absolute atomic E-state index is 13.6. The van der Waals surface area contributed by atoms with Crippen molar-refractivity contribution in [3.05, 3.63) is 118 Å². The number of aliphatic carboxylic acids is 1. The summed E-state index contributed by atoms with van der Waals surface area (Å²) in [4.78, 5) is 29.7. The Labute approximate surface area is 297 Å². The fraction of sp³-hybridized carbons (Fsp3) is 0.400. The van der Waals surface area contributed by atoms with E-state index in [1.165, 1.54) is 0 Å². The van der Waals surface area contributed by atoms with Crippen molar-refractivity contribution in [2.75, 3.05) is 6.61 Å². The van der Waals surface area contributed by atoms with Gasteiger partial charge in [0.05, 0.1) is 23.7 Å². The third-order valence-electron chi connectivity index (χ3n) is 8.20. The number of aryl methyl sites for hydroxylation is 1. The number of aromatic nitrogens is 2. The van der Waals surface area contributed by atoms with Crippen LogP contribution in [0, 0.1) is 17.2 Å². The van der Waals surface area contributed by atoms with Crippen LogP contribution in [0.25, 0.3) is 5.57 Å². The molecular weight excluding hydrogens is 636 g/mol. The number of imidazole rings is 1. The molecule has 0 saturated carbocycles. The van der Waals surface area contributed by atoms with Crippen LogP contribution in [0.5, 0.6) is 0 Å². The van der Waals surface area contributed by atoms with E-state index in [2.05, 4.69) is 29.5 Å². The topological polar surface area (TPSA) is 117 Å². The Bertz CT molecular complexity index is 1620. The van der Waals surface area contributed by atoms with Crippen LogP contribution < -0.4 is 5.32 Å². The summed E-state index contributed by atoms with van der Waals surface area (Å²) >= 11 is 6.36. The second-order valence-electron chi connectivity index (χ2n) is 12.1. The Morgan fingerprint density at radius 1 is 1.29 bits per heavy atom. The molecule has 2 rings (SSSR count). The van der Waals surface area contributed by atoms with Gasteiger partial charge in [0.1, 0.15) is 18.2 Å². The van der Waals surface area contributed by atoms with Crippen molar-refractivity contribution in [2.45, 2.75) is 92.7 Å². The second kappa shape index (κ2) is 21.4. The fourth-order valence-electron chi connectivity index (χ4n) is 4.76. The van der Waals surface area contributed by atoms with Gasteiger partial charge < -0.3 is 19.7 Å². The van der Waals surface area contributed by atoms with E-state index in [4.69, 9.17) is 26.4 Å². The molecule has 1 aromatic rings. The van der Waals surface area contributed by atoms with E-state index >= 15 is 0 Å². The fourth-order valence-corrected chi connectivity index (χ4v) is 4.86. The summed E-state index contributed by atoms with van der Waals surface area (Å²) in [7, 11) is 0. The van der Waals surface area contributed by atoms with Crippen LogP contribution in [0.15, 0.2) is 107 Å². The van der Waals surface area contributed by atoms with Crippen molar-refractivity contribution >= 4 is 29.1 Å². The van der Waals surface area contributed by atoms with E-state index in [1.54, 1.807) is 43.4 Å². The Hall–Kier alpha value is -4.61. The van der Waals surface area contributed by atoms with Gasteiger partial charge in [0.25, 0.3) is 0 Å². The predicted octanol–water partition coefficient (Wildman–Crippen LogP) is 9.59. The van der Waals surface area contributed by atoms with E-state index < -0.39 is 11.9 Å². The molecule has 1 heterocycles. The number of unbranched alkanes of at least 4 members (excludes halogenated alkanes) is 1. The summed E-state index contributed by atoms with van der Waals surface area (Å²) in [6.45, 7) is 16.6. The minimum atomic E-state index is -0.857. The molecule has 2 atom stereocenters. The van der Waals surface area contributed by atoms with Crippen LogP contribution in [0.2, 0.25) is 0 Å². The van der Waals surface area contributed by atoms with Gasteiger partial charge in [-0.15, -0.1) is 0 Å². The lowest BCUT2D eigenvalue weighted by molar-refractivity contribution is -0.139. The molecule has 0 aliphatic heterocycles. The Morgan fingerprint density at radius 2 is 2.04 bits per heavy atom. The molecule has 0 spiro atoms. The summed E-state index contributed by atoms with van der Waals surface area (Å²) in [6.07, 6.45) is 24.2. The number of amides is 1. The van der Waals surface area contributed by atoms with Gasteiger partial charge in [0.15, 0.2) is 0 Å². The third-order valence-corrected chi connectivity index (χ3v) is 8.48. The lowest BCUT2D eigenvalue weighted by atomic mass is 10.0. The van der Waals surface area contributed by atoms with Gasteiger partial charge in [-0.2, -0.15) is 5.26 Å². The van der Waals surface area contributed by atoms with Crippen molar-refractivity contribution in [3.63, 3.8) is 0 Å². The van der Waals surface area contributed by atoms with E-state index in [0.717, 1.165) is 47.6 Å². The standard InChI is InChI=1S/C40H51ClN4O4/c1-8-11-24-45-26-37(30(6)31(7)41)43-38(45)36(44-39(46)34-17-13-16-33(25-42)20-21-34)23-19-28(4)18-22-35(10-3)49-27-32(9-2)15-12-14-29(5)40(47)48/h9-10,12-14,16-18,20,22,26,29,36H,3,8,11,15,19,21,23-24,27H2,1-2,4-7H3,(H,44,46)(H,47,48)/b14-12-,28-18+,31-30-,32-9+,35-22+. The molecule has 2 N–H and O–H groups in total. The number of halogens is 1. The number of ether oxygens (including phenoxy) is 1. The molecule has 1 aliphatic rings. The number of carbonyl (C=O) groups excluding carboxylic acids is 1. The van der Waals surface area contributed by atoms with Crippen molar-refractivity contribution in [2.24, 2.45) is 5.92 Å². The number of allylic oxidation sites excluding steroid dienone is 13. The first-order valence-electron chi connectivity index (χ1n) is 16.8. The Kier molecular flexibility index (Phi) is 17.7. The zero-order chi connectivity index (χ0) is 36.3. The van der Waals surface area contributed by atoms with Gasteiger partial charge in [0, 0.05) is 28.9 Å². The Morgan fingerprint density at radius 3 is 2.67 bits per heavy atom. The van der Waals surface area contributed by atoms with E-state index in [1.807, 2.05) is 58.2 Å². The van der Waals surface area contributed by atoms with Crippen LogP contribution in [-0.2, 0) is 20.9 Å². The largest absolute Gasteiger partial charge is 0.489 e. The van der Waals surface area contributed by atoms with Crippen LogP contribution >= 0.6 is 11.6 Å². The lowest BCUT2D eigenvalue weighted by Crippen LogP contribution is -2.31. The molecule has 1 aliphatic carbocycles. The molecule has 1 amide bonds. The number of nitrogens with zero attached hydrogens (tertiary/aromatic N) is 3. The highest BCUT2D eigenvalue weighted by Gasteiger charge is 2.23. The van der Waals surface area contributed by atoms with E-state index in [-0.39, 0.29) is 11.9 Å². The number of carboxylic acids is 1. The van der Waals surface area contributed by atoms with Crippen molar-refractivity contribution in [1.82, 2.24) is 14.9 Å². The normalized spacial score (nSPS) is 15.8. The maximum Gasteiger partial charge on any atom is 0.310 e. The number of rotatable bonds is 19. The first-order chi connectivity index (χ1) is 23.4. The molecule has 0 saturated heterocycles. The van der Waals surface area contributed by atoms with Crippen LogP contribution in [0.4, 0.5) is 0 Å². The number of hydrogen-bond acceptors (Lipinski definition) is 5. The highest BCUT2D eigenvalue weighted by molar-refractivity contribution is 6.32. The quantitative estimate of drug-likeness (QED) is 0.0850. The average molecular weight is 687 g/mol. The van der Waals surface area contributed by atoms with E-state index in [0.29, 0.717) is 54.2 Å².